The monoisotopic (exact) mass is 246 g/mol. The highest BCUT2D eigenvalue weighted by atomic mass is 19.1. The molecule has 0 atom stereocenters. The van der Waals surface area contributed by atoms with Crippen LogP contribution in [-0.4, -0.2) is 18.2 Å². The van der Waals surface area contributed by atoms with Crippen LogP contribution in [0.25, 0.3) is 0 Å². The Bertz CT molecular complexity index is 575. The van der Waals surface area contributed by atoms with Gasteiger partial charge in [0.25, 0.3) is 0 Å². The summed E-state index contributed by atoms with van der Waals surface area (Å²) in [5.74, 6) is 0.908. The molecule has 0 aliphatic carbocycles. The Morgan fingerprint density at radius 1 is 1.00 bits per heavy atom. The van der Waals surface area contributed by atoms with Crippen LogP contribution in [0.4, 0.5) is 15.8 Å². The molecule has 0 spiro atoms. The van der Waals surface area contributed by atoms with Crippen molar-refractivity contribution >= 4 is 11.4 Å². The van der Waals surface area contributed by atoms with Crippen molar-refractivity contribution in [2.24, 2.45) is 0 Å². The summed E-state index contributed by atoms with van der Waals surface area (Å²) < 4.78 is 23.8. The second kappa shape index (κ2) is 4.52. The van der Waals surface area contributed by atoms with E-state index in [4.69, 9.17) is 9.47 Å². The van der Waals surface area contributed by atoms with E-state index in [0.29, 0.717) is 24.7 Å². The Labute approximate surface area is 103 Å². The van der Waals surface area contributed by atoms with Crippen LogP contribution >= 0.6 is 0 Å². The maximum Gasteiger partial charge on any atom is 0.214 e. The third-order valence-corrected chi connectivity index (χ3v) is 2.56. The minimum atomic E-state index is -0.516. The predicted octanol–water partition coefficient (Wildman–Crippen LogP) is 2.74. The van der Waals surface area contributed by atoms with Crippen LogP contribution in [0.2, 0.25) is 0 Å². The molecule has 0 amide bonds. The number of fused-ring (bicyclic) bond motifs is 1. The van der Waals surface area contributed by atoms with Gasteiger partial charge in [-0.15, -0.1) is 0 Å². The number of hydrogen-bond acceptors (Lipinski definition) is 4. The van der Waals surface area contributed by atoms with Crippen molar-refractivity contribution in [3.63, 3.8) is 0 Å². The normalized spacial score (nSPS) is 13.2. The quantitative estimate of drug-likeness (QED) is 0.827. The predicted molar refractivity (Wildman–Crippen MR) is 64.9 cm³/mol. The van der Waals surface area contributed by atoms with E-state index in [1.807, 2.05) is 18.2 Å². The summed E-state index contributed by atoms with van der Waals surface area (Å²) >= 11 is 0. The molecule has 1 aromatic carbocycles. The van der Waals surface area contributed by atoms with Crippen LogP contribution in [0, 0.1) is 5.95 Å². The van der Waals surface area contributed by atoms with Gasteiger partial charge in [-0.2, -0.15) is 4.39 Å². The first-order valence-electron chi connectivity index (χ1n) is 5.59. The van der Waals surface area contributed by atoms with Crippen molar-refractivity contribution in [2.45, 2.75) is 0 Å². The smallest absolute Gasteiger partial charge is 0.214 e. The number of hydrogen-bond donors (Lipinski definition) is 1. The number of aromatic nitrogens is 1. The van der Waals surface area contributed by atoms with Crippen LogP contribution in [0.15, 0.2) is 36.5 Å². The molecule has 18 heavy (non-hydrogen) atoms. The van der Waals surface area contributed by atoms with E-state index in [2.05, 4.69) is 10.3 Å². The SMILES string of the molecule is Fc1cc(Nc2ccc3c(c2)OCCO3)ccn1. The highest BCUT2D eigenvalue weighted by Gasteiger charge is 2.11. The molecule has 4 nitrogen and oxygen atoms in total. The zero-order valence-electron chi connectivity index (χ0n) is 9.52. The van der Waals surface area contributed by atoms with E-state index in [1.54, 1.807) is 6.07 Å². The minimum absolute atomic E-state index is 0.516. The van der Waals surface area contributed by atoms with Crippen LogP contribution in [0.5, 0.6) is 11.5 Å². The van der Waals surface area contributed by atoms with E-state index >= 15 is 0 Å². The van der Waals surface area contributed by atoms with E-state index in [-0.39, 0.29) is 0 Å². The molecular weight excluding hydrogens is 235 g/mol. The summed E-state index contributed by atoms with van der Waals surface area (Å²) in [6.07, 6.45) is 1.41. The molecular formula is C13H11FN2O2. The fraction of sp³-hybridized carbons (Fsp3) is 0.154. The molecule has 3 rings (SSSR count). The van der Waals surface area contributed by atoms with Crippen LogP contribution in [-0.2, 0) is 0 Å². The Morgan fingerprint density at radius 3 is 2.61 bits per heavy atom. The second-order valence-electron chi connectivity index (χ2n) is 3.85. The lowest BCUT2D eigenvalue weighted by atomic mass is 10.2. The Hall–Kier alpha value is -2.30. The third-order valence-electron chi connectivity index (χ3n) is 2.56. The van der Waals surface area contributed by atoms with Crippen molar-refractivity contribution in [2.75, 3.05) is 18.5 Å². The summed E-state index contributed by atoms with van der Waals surface area (Å²) in [4.78, 5) is 3.50. The molecule has 1 aliphatic rings. The molecule has 1 aliphatic heterocycles. The van der Waals surface area contributed by atoms with Crippen molar-refractivity contribution in [3.05, 3.63) is 42.5 Å². The molecule has 2 aromatic rings. The summed E-state index contributed by atoms with van der Waals surface area (Å²) in [5.41, 5.74) is 1.45. The van der Waals surface area contributed by atoms with Gasteiger partial charge in [0.1, 0.15) is 13.2 Å². The second-order valence-corrected chi connectivity index (χ2v) is 3.85. The number of pyridine rings is 1. The summed E-state index contributed by atoms with van der Waals surface area (Å²) in [6, 6.07) is 8.53. The molecule has 0 saturated carbocycles. The molecule has 0 radical (unpaired) electrons. The highest BCUT2D eigenvalue weighted by Crippen LogP contribution is 2.33. The lowest BCUT2D eigenvalue weighted by Gasteiger charge is -2.19. The zero-order valence-corrected chi connectivity index (χ0v) is 9.52. The molecule has 0 saturated heterocycles. The van der Waals surface area contributed by atoms with E-state index in [9.17, 15) is 4.39 Å². The number of anilines is 2. The van der Waals surface area contributed by atoms with E-state index in [0.717, 1.165) is 11.4 Å². The first kappa shape index (κ1) is 10.8. The van der Waals surface area contributed by atoms with Gasteiger partial charge in [-0.3, -0.25) is 0 Å². The average molecular weight is 246 g/mol. The van der Waals surface area contributed by atoms with Crippen molar-refractivity contribution in [1.29, 1.82) is 0 Å². The van der Waals surface area contributed by atoms with Gasteiger partial charge in [-0.1, -0.05) is 0 Å². The van der Waals surface area contributed by atoms with Gasteiger partial charge in [0, 0.05) is 29.7 Å². The maximum absolute atomic E-state index is 12.9. The van der Waals surface area contributed by atoms with Crippen LogP contribution in [0.3, 0.4) is 0 Å². The number of halogens is 1. The Balaban J connectivity index is 1.85. The topological polar surface area (TPSA) is 43.4 Å². The van der Waals surface area contributed by atoms with Crippen molar-refractivity contribution < 1.29 is 13.9 Å². The highest BCUT2D eigenvalue weighted by molar-refractivity contribution is 5.63. The minimum Gasteiger partial charge on any atom is -0.486 e. The van der Waals surface area contributed by atoms with Gasteiger partial charge in [-0.05, 0) is 18.2 Å². The number of ether oxygens (including phenoxy) is 2. The number of nitrogens with one attached hydrogen (secondary N) is 1. The van der Waals surface area contributed by atoms with Gasteiger partial charge in [0.2, 0.25) is 5.95 Å². The largest absolute Gasteiger partial charge is 0.486 e. The summed E-state index contributed by atoms with van der Waals surface area (Å²) in [7, 11) is 0. The molecule has 0 fully saturated rings. The molecule has 92 valence electrons. The van der Waals surface area contributed by atoms with Crippen molar-refractivity contribution in [3.8, 4) is 11.5 Å². The van der Waals surface area contributed by atoms with Gasteiger partial charge < -0.3 is 14.8 Å². The fourth-order valence-corrected chi connectivity index (χ4v) is 1.77. The van der Waals surface area contributed by atoms with E-state index < -0.39 is 5.95 Å². The van der Waals surface area contributed by atoms with Crippen LogP contribution < -0.4 is 14.8 Å². The molecule has 1 aromatic heterocycles. The van der Waals surface area contributed by atoms with Gasteiger partial charge in [0.05, 0.1) is 0 Å². The molecule has 0 unspecified atom stereocenters. The zero-order chi connectivity index (χ0) is 12.4. The number of rotatable bonds is 2. The summed E-state index contributed by atoms with van der Waals surface area (Å²) in [6.45, 7) is 1.11. The van der Waals surface area contributed by atoms with Crippen molar-refractivity contribution in [1.82, 2.24) is 4.98 Å². The lowest BCUT2D eigenvalue weighted by Crippen LogP contribution is -2.15. The molecule has 0 bridgehead atoms. The molecule has 1 N–H and O–H groups in total. The standard InChI is InChI=1S/C13H11FN2O2/c14-13-8-10(3-4-15-13)16-9-1-2-11-12(7-9)18-6-5-17-11/h1-4,7-8H,5-6H2,(H,15,16). The molecule has 2 heterocycles. The van der Waals surface area contributed by atoms with Crippen LogP contribution in [0.1, 0.15) is 0 Å². The van der Waals surface area contributed by atoms with Gasteiger partial charge in [-0.25, -0.2) is 4.98 Å². The first-order valence-corrected chi connectivity index (χ1v) is 5.59. The maximum atomic E-state index is 12.9. The van der Waals surface area contributed by atoms with E-state index in [1.165, 1.54) is 12.3 Å². The fourth-order valence-electron chi connectivity index (χ4n) is 1.77. The van der Waals surface area contributed by atoms with Gasteiger partial charge >= 0.3 is 0 Å². The first-order chi connectivity index (χ1) is 8.81. The third kappa shape index (κ3) is 2.20. The molecule has 5 heteroatoms. The average Bonchev–Trinajstić information content (AvgIpc) is 2.39. The Kier molecular flexibility index (Phi) is 2.72. The van der Waals surface area contributed by atoms with Gasteiger partial charge in [0.15, 0.2) is 11.5 Å². The lowest BCUT2D eigenvalue weighted by molar-refractivity contribution is 0.171. The Morgan fingerprint density at radius 2 is 1.78 bits per heavy atom. The summed E-state index contributed by atoms with van der Waals surface area (Å²) in [5, 5.41) is 3.08. The number of benzene rings is 1. The number of nitrogens with zero attached hydrogens (tertiary/aromatic N) is 1.